The van der Waals surface area contributed by atoms with E-state index in [-0.39, 0.29) is 11.9 Å². The fourth-order valence-corrected chi connectivity index (χ4v) is 3.33. The smallest absolute Gasteiger partial charge is 0.338 e. The van der Waals surface area contributed by atoms with Gasteiger partial charge in [0, 0.05) is 23.0 Å². The van der Waals surface area contributed by atoms with Crippen LogP contribution in [0, 0.1) is 11.3 Å². The van der Waals surface area contributed by atoms with Crippen molar-refractivity contribution in [3.8, 4) is 5.75 Å². The molecule has 2 aromatic carbocycles. The first-order valence-corrected chi connectivity index (χ1v) is 8.24. The van der Waals surface area contributed by atoms with Gasteiger partial charge in [-0.1, -0.05) is 18.2 Å². The highest BCUT2D eigenvalue weighted by Gasteiger charge is 2.39. The van der Waals surface area contributed by atoms with Crippen LogP contribution in [-0.4, -0.2) is 11.7 Å². The second kappa shape index (κ2) is 6.09. The predicted molar refractivity (Wildman–Crippen MR) is 94.6 cm³/mol. The zero-order chi connectivity index (χ0) is 17.4. The SMILES string of the molecule is N=C1C=C2Oc3cc(N)ccc3C(OC(=O)c3ccccc3)C2CC1. The van der Waals surface area contributed by atoms with Gasteiger partial charge < -0.3 is 20.6 Å². The second-order valence-electron chi connectivity index (χ2n) is 6.31. The molecule has 1 aliphatic carbocycles. The van der Waals surface area contributed by atoms with Crippen LogP contribution >= 0.6 is 0 Å². The molecule has 0 bridgehead atoms. The molecule has 0 fully saturated rings. The molecule has 25 heavy (non-hydrogen) atoms. The molecular weight excluding hydrogens is 316 g/mol. The molecule has 0 amide bonds. The molecule has 2 unspecified atom stereocenters. The molecule has 1 heterocycles. The molecule has 4 rings (SSSR count). The Kier molecular flexibility index (Phi) is 3.76. The number of allylic oxidation sites excluding steroid dienone is 1. The van der Waals surface area contributed by atoms with Crippen molar-refractivity contribution < 1.29 is 14.3 Å². The minimum absolute atomic E-state index is 0.0853. The summed E-state index contributed by atoms with van der Waals surface area (Å²) in [5.74, 6) is 0.802. The Morgan fingerprint density at radius 2 is 2.00 bits per heavy atom. The van der Waals surface area contributed by atoms with E-state index in [1.54, 1.807) is 30.3 Å². The first-order chi connectivity index (χ1) is 12.1. The van der Waals surface area contributed by atoms with Crippen LogP contribution < -0.4 is 10.5 Å². The number of carbonyl (C=O) groups is 1. The van der Waals surface area contributed by atoms with Crippen molar-refractivity contribution >= 4 is 17.4 Å². The number of hydrogen-bond acceptors (Lipinski definition) is 5. The molecule has 1 aliphatic heterocycles. The molecule has 5 heteroatoms. The summed E-state index contributed by atoms with van der Waals surface area (Å²) in [5.41, 5.74) is 8.29. The summed E-state index contributed by atoms with van der Waals surface area (Å²) in [7, 11) is 0. The second-order valence-corrected chi connectivity index (χ2v) is 6.31. The third-order valence-electron chi connectivity index (χ3n) is 4.59. The highest BCUT2D eigenvalue weighted by Crippen LogP contribution is 2.47. The fraction of sp³-hybridized carbons (Fsp3) is 0.200. The summed E-state index contributed by atoms with van der Waals surface area (Å²) in [5, 5.41) is 7.89. The molecule has 2 aromatic rings. The Morgan fingerprint density at radius 1 is 1.20 bits per heavy atom. The van der Waals surface area contributed by atoms with Crippen molar-refractivity contribution in [1.82, 2.24) is 0 Å². The van der Waals surface area contributed by atoms with Gasteiger partial charge in [-0.15, -0.1) is 0 Å². The molecule has 0 saturated carbocycles. The van der Waals surface area contributed by atoms with E-state index in [2.05, 4.69) is 0 Å². The third-order valence-corrected chi connectivity index (χ3v) is 4.59. The van der Waals surface area contributed by atoms with Crippen molar-refractivity contribution in [3.05, 3.63) is 71.5 Å². The lowest BCUT2D eigenvalue weighted by Crippen LogP contribution is -2.31. The number of nitrogen functional groups attached to an aromatic ring is 1. The molecule has 0 saturated heterocycles. The lowest BCUT2D eigenvalue weighted by Gasteiger charge is -2.36. The van der Waals surface area contributed by atoms with Gasteiger partial charge in [0.15, 0.2) is 0 Å². The first-order valence-electron chi connectivity index (χ1n) is 8.24. The van der Waals surface area contributed by atoms with E-state index in [9.17, 15) is 4.79 Å². The maximum atomic E-state index is 12.6. The van der Waals surface area contributed by atoms with Crippen LogP contribution in [0.15, 0.2) is 60.4 Å². The summed E-state index contributed by atoms with van der Waals surface area (Å²) < 4.78 is 11.8. The van der Waals surface area contributed by atoms with Crippen molar-refractivity contribution in [2.24, 2.45) is 5.92 Å². The van der Waals surface area contributed by atoms with E-state index in [0.29, 0.717) is 41.3 Å². The molecular formula is C20H18N2O3. The minimum Gasteiger partial charge on any atom is -0.461 e. The number of carbonyl (C=O) groups excluding carboxylic acids is 1. The maximum Gasteiger partial charge on any atom is 0.338 e. The summed E-state index contributed by atoms with van der Waals surface area (Å²) in [6.07, 6.45) is 2.63. The highest BCUT2D eigenvalue weighted by atomic mass is 16.6. The summed E-state index contributed by atoms with van der Waals surface area (Å²) in [6.45, 7) is 0. The maximum absolute atomic E-state index is 12.6. The Bertz CT molecular complexity index is 874. The van der Waals surface area contributed by atoms with Gasteiger partial charge in [0.2, 0.25) is 0 Å². The van der Waals surface area contributed by atoms with E-state index < -0.39 is 6.10 Å². The normalized spacial score (nSPS) is 21.4. The number of ether oxygens (including phenoxy) is 2. The molecule has 5 nitrogen and oxygen atoms in total. The fourth-order valence-electron chi connectivity index (χ4n) is 3.33. The van der Waals surface area contributed by atoms with E-state index in [0.717, 1.165) is 5.56 Å². The Hall–Kier alpha value is -3.08. The van der Waals surface area contributed by atoms with Crippen LogP contribution in [0.2, 0.25) is 0 Å². The molecule has 0 radical (unpaired) electrons. The highest BCUT2D eigenvalue weighted by molar-refractivity contribution is 5.94. The van der Waals surface area contributed by atoms with Gasteiger partial charge in [0.1, 0.15) is 17.6 Å². The van der Waals surface area contributed by atoms with Gasteiger partial charge in [0.05, 0.1) is 11.5 Å². The van der Waals surface area contributed by atoms with Crippen molar-refractivity contribution in [2.75, 3.05) is 5.73 Å². The summed E-state index contributed by atoms with van der Waals surface area (Å²) in [4.78, 5) is 12.6. The molecule has 3 N–H and O–H groups in total. The van der Waals surface area contributed by atoms with E-state index in [4.69, 9.17) is 20.6 Å². The van der Waals surface area contributed by atoms with Crippen molar-refractivity contribution in [1.29, 1.82) is 5.41 Å². The number of benzene rings is 2. The average Bonchev–Trinajstić information content (AvgIpc) is 2.61. The van der Waals surface area contributed by atoms with Gasteiger partial charge in [-0.3, -0.25) is 0 Å². The van der Waals surface area contributed by atoms with Crippen LogP contribution in [0.4, 0.5) is 5.69 Å². The molecule has 0 aromatic heterocycles. The lowest BCUT2D eigenvalue weighted by atomic mass is 9.82. The standard InChI is InChI=1S/C20H18N2O3/c21-13-6-8-15-17(10-13)24-18-11-14(22)7-9-16(18)19(15)25-20(23)12-4-2-1-3-5-12/h1-6,8,10-11,16,19,22H,7,9,21H2. The van der Waals surface area contributed by atoms with Gasteiger partial charge in [-0.05, 0) is 43.2 Å². The third kappa shape index (κ3) is 2.89. The van der Waals surface area contributed by atoms with Crippen LogP contribution in [0.5, 0.6) is 5.75 Å². The van der Waals surface area contributed by atoms with Crippen molar-refractivity contribution in [2.45, 2.75) is 18.9 Å². The quantitative estimate of drug-likeness (QED) is 0.645. The summed E-state index contributed by atoms with van der Waals surface area (Å²) >= 11 is 0. The first kappa shape index (κ1) is 15.4. The van der Waals surface area contributed by atoms with E-state index in [1.165, 1.54) is 0 Å². The number of hydrogen-bond donors (Lipinski definition) is 2. The number of nitrogens with one attached hydrogen (secondary N) is 1. The molecule has 2 atom stereocenters. The van der Waals surface area contributed by atoms with E-state index in [1.807, 2.05) is 24.3 Å². The largest absolute Gasteiger partial charge is 0.461 e. The van der Waals surface area contributed by atoms with Crippen LogP contribution in [0.25, 0.3) is 0 Å². The van der Waals surface area contributed by atoms with Gasteiger partial charge >= 0.3 is 5.97 Å². The Balaban J connectivity index is 1.72. The zero-order valence-electron chi connectivity index (χ0n) is 13.6. The number of rotatable bonds is 2. The monoisotopic (exact) mass is 334 g/mol. The number of esters is 1. The number of fused-ring (bicyclic) bond motifs is 2. The van der Waals surface area contributed by atoms with E-state index >= 15 is 0 Å². The van der Waals surface area contributed by atoms with Gasteiger partial charge in [-0.2, -0.15) is 0 Å². The summed E-state index contributed by atoms with van der Waals surface area (Å²) in [6, 6.07) is 14.3. The molecule has 2 aliphatic rings. The van der Waals surface area contributed by atoms with Crippen LogP contribution in [0.3, 0.4) is 0 Å². The topological polar surface area (TPSA) is 85.4 Å². The Labute approximate surface area is 145 Å². The average molecular weight is 334 g/mol. The minimum atomic E-state index is -0.448. The molecule has 126 valence electrons. The van der Waals surface area contributed by atoms with Crippen molar-refractivity contribution in [3.63, 3.8) is 0 Å². The zero-order valence-corrected chi connectivity index (χ0v) is 13.6. The number of nitrogens with two attached hydrogens (primary N) is 1. The number of anilines is 1. The van der Waals surface area contributed by atoms with Gasteiger partial charge in [0.25, 0.3) is 0 Å². The predicted octanol–water partition coefficient (Wildman–Crippen LogP) is 3.87. The van der Waals surface area contributed by atoms with Crippen LogP contribution in [0.1, 0.15) is 34.9 Å². The van der Waals surface area contributed by atoms with Gasteiger partial charge in [-0.25, -0.2) is 4.79 Å². The van der Waals surface area contributed by atoms with Crippen LogP contribution in [-0.2, 0) is 4.74 Å². The molecule has 0 spiro atoms. The lowest BCUT2D eigenvalue weighted by molar-refractivity contribution is 0.00627. The Morgan fingerprint density at radius 3 is 2.80 bits per heavy atom.